The highest BCUT2D eigenvalue weighted by Crippen LogP contribution is 2.29. The van der Waals surface area contributed by atoms with Gasteiger partial charge in [0, 0.05) is 23.9 Å². The lowest BCUT2D eigenvalue weighted by atomic mass is 9.93. The third-order valence-electron chi connectivity index (χ3n) is 3.51. The maximum atomic E-state index is 5.93. The maximum absolute atomic E-state index is 5.93. The zero-order chi connectivity index (χ0) is 15.7. The largest absolute Gasteiger partial charge is 0.488 e. The number of aromatic nitrogens is 2. The van der Waals surface area contributed by atoms with Crippen LogP contribution in [-0.4, -0.2) is 9.38 Å². The van der Waals surface area contributed by atoms with E-state index >= 15 is 0 Å². The monoisotopic (exact) mass is 358 g/mol. The molecule has 114 valence electrons. The summed E-state index contributed by atoms with van der Waals surface area (Å²) in [5.41, 5.74) is 3.15. The minimum atomic E-state index is 0.0313. The van der Waals surface area contributed by atoms with Crippen molar-refractivity contribution >= 4 is 21.6 Å². The number of pyridine rings is 1. The summed E-state index contributed by atoms with van der Waals surface area (Å²) in [7, 11) is 0. The van der Waals surface area contributed by atoms with Crippen LogP contribution >= 0.6 is 15.9 Å². The summed E-state index contributed by atoms with van der Waals surface area (Å²) in [6, 6.07) is 12.1. The van der Waals surface area contributed by atoms with E-state index in [-0.39, 0.29) is 5.41 Å². The van der Waals surface area contributed by atoms with Gasteiger partial charge in [-0.15, -0.1) is 0 Å². The lowest BCUT2D eigenvalue weighted by Crippen LogP contribution is -2.11. The van der Waals surface area contributed by atoms with E-state index in [1.54, 1.807) is 0 Å². The van der Waals surface area contributed by atoms with Gasteiger partial charge in [0.1, 0.15) is 18.0 Å². The molecule has 2 aromatic heterocycles. The molecule has 0 fully saturated rings. The molecular weight excluding hydrogens is 340 g/mol. The number of halogens is 1. The van der Waals surface area contributed by atoms with Crippen LogP contribution in [0.5, 0.6) is 5.75 Å². The lowest BCUT2D eigenvalue weighted by Gasteiger charge is -2.13. The molecule has 0 bridgehead atoms. The van der Waals surface area contributed by atoms with Crippen molar-refractivity contribution in [3.05, 3.63) is 64.5 Å². The summed E-state index contributed by atoms with van der Waals surface area (Å²) in [4.78, 5) is 4.70. The fourth-order valence-corrected chi connectivity index (χ4v) is 2.65. The Hall–Kier alpha value is -1.81. The lowest BCUT2D eigenvalue weighted by molar-refractivity contribution is 0.304. The number of hydrogen-bond donors (Lipinski definition) is 0. The Labute approximate surface area is 139 Å². The molecule has 4 heteroatoms. The highest BCUT2D eigenvalue weighted by Gasteiger charge is 2.18. The van der Waals surface area contributed by atoms with Gasteiger partial charge in [0.15, 0.2) is 0 Å². The van der Waals surface area contributed by atoms with Gasteiger partial charge in [-0.05, 0) is 21.5 Å². The first kappa shape index (κ1) is 15.1. The molecule has 0 N–H and O–H groups in total. The van der Waals surface area contributed by atoms with Gasteiger partial charge < -0.3 is 9.14 Å². The smallest absolute Gasteiger partial charge is 0.140 e. The predicted molar refractivity (Wildman–Crippen MR) is 92.4 cm³/mol. The van der Waals surface area contributed by atoms with E-state index in [2.05, 4.69) is 55.0 Å². The van der Waals surface area contributed by atoms with Crippen molar-refractivity contribution in [2.24, 2.45) is 0 Å². The molecule has 0 aliphatic heterocycles. The average molecular weight is 359 g/mol. The average Bonchev–Trinajstić information content (AvgIpc) is 2.89. The maximum Gasteiger partial charge on any atom is 0.140 e. The molecule has 3 rings (SSSR count). The van der Waals surface area contributed by atoms with Gasteiger partial charge in [0.2, 0.25) is 0 Å². The normalized spacial score (nSPS) is 11.8. The molecule has 0 saturated carbocycles. The van der Waals surface area contributed by atoms with Crippen LogP contribution in [0.3, 0.4) is 0 Å². The van der Waals surface area contributed by atoms with Crippen molar-refractivity contribution in [2.75, 3.05) is 0 Å². The topological polar surface area (TPSA) is 26.5 Å². The fraction of sp³-hybridized carbons (Fsp3) is 0.278. The molecule has 0 radical (unpaired) electrons. The van der Waals surface area contributed by atoms with Crippen LogP contribution in [0.15, 0.2) is 53.3 Å². The molecular formula is C18H19BrN2O. The first-order valence-corrected chi connectivity index (χ1v) is 8.08. The number of hydrogen-bond acceptors (Lipinski definition) is 2. The summed E-state index contributed by atoms with van der Waals surface area (Å²) >= 11 is 3.58. The zero-order valence-electron chi connectivity index (χ0n) is 13.0. The molecule has 2 heterocycles. The van der Waals surface area contributed by atoms with Gasteiger partial charge in [0.25, 0.3) is 0 Å². The third kappa shape index (κ3) is 3.17. The Morgan fingerprint density at radius 3 is 2.55 bits per heavy atom. The van der Waals surface area contributed by atoms with Crippen LogP contribution < -0.4 is 4.74 Å². The molecule has 0 amide bonds. The number of benzene rings is 1. The van der Waals surface area contributed by atoms with E-state index in [9.17, 15) is 0 Å². The van der Waals surface area contributed by atoms with Crippen LogP contribution in [0, 0.1) is 0 Å². The van der Waals surface area contributed by atoms with Crippen molar-refractivity contribution in [1.29, 1.82) is 0 Å². The van der Waals surface area contributed by atoms with E-state index in [0.29, 0.717) is 6.61 Å². The first-order valence-electron chi connectivity index (χ1n) is 7.29. The van der Waals surface area contributed by atoms with Gasteiger partial charge in [0.05, 0.1) is 10.2 Å². The van der Waals surface area contributed by atoms with Crippen LogP contribution in [0.4, 0.5) is 0 Å². The van der Waals surface area contributed by atoms with Crippen LogP contribution in [0.1, 0.15) is 32.0 Å². The second kappa shape index (κ2) is 5.76. The van der Waals surface area contributed by atoms with E-state index in [0.717, 1.165) is 27.1 Å². The first-order chi connectivity index (χ1) is 10.4. The molecule has 1 aromatic carbocycles. The molecule has 0 unspecified atom stereocenters. The Morgan fingerprint density at radius 2 is 1.86 bits per heavy atom. The van der Waals surface area contributed by atoms with Crippen molar-refractivity contribution in [3.8, 4) is 5.75 Å². The highest BCUT2D eigenvalue weighted by atomic mass is 79.9. The van der Waals surface area contributed by atoms with E-state index in [4.69, 9.17) is 9.72 Å². The Bertz CT molecular complexity index is 788. The van der Waals surface area contributed by atoms with Crippen LogP contribution in [-0.2, 0) is 12.0 Å². The predicted octanol–water partition coefficient (Wildman–Crippen LogP) is 4.97. The number of rotatable bonds is 3. The highest BCUT2D eigenvalue weighted by molar-refractivity contribution is 9.10. The molecule has 3 nitrogen and oxygen atoms in total. The minimum Gasteiger partial charge on any atom is -0.488 e. The van der Waals surface area contributed by atoms with Crippen molar-refractivity contribution in [3.63, 3.8) is 0 Å². The van der Waals surface area contributed by atoms with Crippen LogP contribution in [0.2, 0.25) is 0 Å². The second-order valence-corrected chi connectivity index (χ2v) is 7.26. The van der Waals surface area contributed by atoms with E-state index in [1.165, 1.54) is 0 Å². The Morgan fingerprint density at radius 1 is 1.14 bits per heavy atom. The van der Waals surface area contributed by atoms with E-state index < -0.39 is 0 Å². The number of ether oxygens (including phenoxy) is 1. The van der Waals surface area contributed by atoms with Crippen molar-refractivity contribution in [2.45, 2.75) is 32.8 Å². The standard InChI is InChI=1S/C18H19BrN2O/c1-18(2,3)16-11-21-10-14(19)15(9-17(21)20-16)22-12-13-7-5-4-6-8-13/h4-11H,12H2,1-3H3. The van der Waals surface area contributed by atoms with Gasteiger partial charge in [-0.25, -0.2) is 4.98 Å². The van der Waals surface area contributed by atoms with Gasteiger partial charge in [-0.1, -0.05) is 51.1 Å². The van der Waals surface area contributed by atoms with Gasteiger partial charge >= 0.3 is 0 Å². The summed E-state index contributed by atoms with van der Waals surface area (Å²) in [5, 5.41) is 0. The van der Waals surface area contributed by atoms with Gasteiger partial charge in [-0.3, -0.25) is 0 Å². The van der Waals surface area contributed by atoms with Gasteiger partial charge in [-0.2, -0.15) is 0 Å². The number of fused-ring (bicyclic) bond motifs is 1. The molecule has 0 spiro atoms. The Kier molecular flexibility index (Phi) is 3.96. The SMILES string of the molecule is CC(C)(C)c1cn2cc(Br)c(OCc3ccccc3)cc2n1. The van der Waals surface area contributed by atoms with Crippen LogP contribution in [0.25, 0.3) is 5.65 Å². The molecule has 0 aliphatic rings. The molecule has 0 saturated heterocycles. The summed E-state index contributed by atoms with van der Waals surface area (Å²) < 4.78 is 8.88. The fourth-order valence-electron chi connectivity index (χ4n) is 2.20. The quantitative estimate of drug-likeness (QED) is 0.660. The van der Waals surface area contributed by atoms with Crippen molar-refractivity contribution in [1.82, 2.24) is 9.38 Å². The minimum absolute atomic E-state index is 0.0313. The molecule has 3 aromatic rings. The molecule has 0 atom stereocenters. The second-order valence-electron chi connectivity index (χ2n) is 6.40. The number of imidazole rings is 1. The third-order valence-corrected chi connectivity index (χ3v) is 4.11. The summed E-state index contributed by atoms with van der Waals surface area (Å²) in [6.07, 6.45) is 4.07. The van der Waals surface area contributed by atoms with E-state index in [1.807, 2.05) is 34.9 Å². The Balaban J connectivity index is 1.88. The molecule has 0 aliphatic carbocycles. The zero-order valence-corrected chi connectivity index (χ0v) is 14.6. The van der Waals surface area contributed by atoms with Crippen molar-refractivity contribution < 1.29 is 4.74 Å². The number of nitrogens with zero attached hydrogens (tertiary/aromatic N) is 2. The molecule has 22 heavy (non-hydrogen) atoms. The summed E-state index contributed by atoms with van der Waals surface area (Å²) in [6.45, 7) is 7.03. The summed E-state index contributed by atoms with van der Waals surface area (Å²) in [5.74, 6) is 0.808.